The second kappa shape index (κ2) is 12.9. The zero-order chi connectivity index (χ0) is 24.4. The lowest BCUT2D eigenvalue weighted by atomic mass is 10.0. The van der Waals surface area contributed by atoms with E-state index < -0.39 is 35.5 Å². The fraction of sp³-hybridized carbons (Fsp3) is 0.391. The summed E-state index contributed by atoms with van der Waals surface area (Å²) in [6, 6.07) is 8.74. The molecule has 2 aromatic rings. The van der Waals surface area contributed by atoms with Crippen molar-refractivity contribution < 1.29 is 33.0 Å². The van der Waals surface area contributed by atoms with Gasteiger partial charge in [0.2, 0.25) is 0 Å². The molecule has 0 spiro atoms. The lowest BCUT2D eigenvalue weighted by Gasteiger charge is -2.23. The normalized spacial score (nSPS) is 12.0. The van der Waals surface area contributed by atoms with Crippen molar-refractivity contribution >= 4 is 11.7 Å². The SMILES string of the molecule is CCOC(OCC)c1ccc(F)c([C@H](OCC)C(=O)NCc2ccc(C(=N)NO)cc2)c1F. The Morgan fingerprint density at radius 1 is 1.00 bits per heavy atom. The Labute approximate surface area is 191 Å². The van der Waals surface area contributed by atoms with Gasteiger partial charge in [0.1, 0.15) is 17.5 Å². The van der Waals surface area contributed by atoms with Crippen LogP contribution < -0.4 is 10.8 Å². The molecule has 10 heteroatoms. The lowest BCUT2D eigenvalue weighted by Crippen LogP contribution is -2.32. The summed E-state index contributed by atoms with van der Waals surface area (Å²) >= 11 is 0. The summed E-state index contributed by atoms with van der Waals surface area (Å²) in [5, 5.41) is 18.9. The number of ether oxygens (including phenoxy) is 3. The number of benzene rings is 2. The number of halogens is 2. The molecule has 0 aromatic heterocycles. The summed E-state index contributed by atoms with van der Waals surface area (Å²) in [6.07, 6.45) is -2.57. The smallest absolute Gasteiger partial charge is 0.254 e. The average Bonchev–Trinajstić information content (AvgIpc) is 2.82. The van der Waals surface area contributed by atoms with Crippen molar-refractivity contribution in [2.45, 2.75) is 39.7 Å². The molecule has 1 amide bonds. The van der Waals surface area contributed by atoms with Gasteiger partial charge in [-0.05, 0) is 38.5 Å². The van der Waals surface area contributed by atoms with E-state index in [9.17, 15) is 9.18 Å². The number of amides is 1. The first-order chi connectivity index (χ1) is 15.9. The van der Waals surface area contributed by atoms with Gasteiger partial charge in [-0.25, -0.2) is 8.78 Å². The molecule has 1 atom stereocenters. The van der Waals surface area contributed by atoms with Gasteiger partial charge in [-0.1, -0.05) is 24.3 Å². The molecular formula is C23H29F2N3O5. The second-order valence-corrected chi connectivity index (χ2v) is 6.84. The molecule has 4 N–H and O–H groups in total. The monoisotopic (exact) mass is 465 g/mol. The van der Waals surface area contributed by atoms with Gasteiger partial charge in [-0.15, -0.1) is 0 Å². The van der Waals surface area contributed by atoms with Gasteiger partial charge < -0.3 is 19.5 Å². The molecule has 0 saturated carbocycles. The molecule has 0 radical (unpaired) electrons. The van der Waals surface area contributed by atoms with Crippen LogP contribution in [0.3, 0.4) is 0 Å². The highest BCUT2D eigenvalue weighted by Gasteiger charge is 2.31. The molecule has 33 heavy (non-hydrogen) atoms. The third kappa shape index (κ3) is 6.78. The molecule has 0 unspecified atom stereocenters. The Morgan fingerprint density at radius 2 is 1.61 bits per heavy atom. The van der Waals surface area contributed by atoms with E-state index in [1.165, 1.54) is 6.07 Å². The molecule has 0 bridgehead atoms. The van der Waals surface area contributed by atoms with E-state index in [4.69, 9.17) is 24.8 Å². The first kappa shape index (κ1) is 26.3. The maximum Gasteiger partial charge on any atom is 0.254 e. The highest BCUT2D eigenvalue weighted by atomic mass is 19.1. The molecule has 0 heterocycles. The van der Waals surface area contributed by atoms with Crippen molar-refractivity contribution in [1.29, 1.82) is 5.41 Å². The molecule has 0 aliphatic carbocycles. The van der Waals surface area contributed by atoms with Crippen LogP contribution in [0.2, 0.25) is 0 Å². The first-order valence-corrected chi connectivity index (χ1v) is 10.6. The Balaban J connectivity index is 2.26. The van der Waals surface area contributed by atoms with E-state index in [-0.39, 0.29) is 37.8 Å². The first-order valence-electron chi connectivity index (χ1n) is 10.6. The quantitative estimate of drug-likeness (QED) is 0.164. The van der Waals surface area contributed by atoms with Crippen LogP contribution in [0.15, 0.2) is 36.4 Å². The van der Waals surface area contributed by atoms with Crippen LogP contribution >= 0.6 is 0 Å². The second-order valence-electron chi connectivity index (χ2n) is 6.84. The van der Waals surface area contributed by atoms with Gasteiger partial charge in [0, 0.05) is 37.5 Å². The summed E-state index contributed by atoms with van der Waals surface area (Å²) < 4.78 is 46.3. The third-order valence-electron chi connectivity index (χ3n) is 4.70. The van der Waals surface area contributed by atoms with Crippen LogP contribution in [0.5, 0.6) is 0 Å². The van der Waals surface area contributed by atoms with Crippen molar-refractivity contribution in [3.05, 3.63) is 70.3 Å². The molecule has 0 aliphatic heterocycles. The van der Waals surface area contributed by atoms with Crippen LogP contribution in [0, 0.1) is 17.0 Å². The van der Waals surface area contributed by atoms with Crippen LogP contribution in [-0.4, -0.2) is 36.8 Å². The van der Waals surface area contributed by atoms with Crippen molar-refractivity contribution in [3.63, 3.8) is 0 Å². The minimum absolute atomic E-state index is 0.0249. The summed E-state index contributed by atoms with van der Waals surface area (Å²) in [5.74, 6) is -2.78. The molecule has 0 fully saturated rings. The zero-order valence-corrected chi connectivity index (χ0v) is 18.8. The lowest BCUT2D eigenvalue weighted by molar-refractivity contribution is -0.142. The molecule has 8 nitrogen and oxygen atoms in total. The highest BCUT2D eigenvalue weighted by molar-refractivity contribution is 5.95. The number of nitrogens with one attached hydrogen (secondary N) is 3. The molecule has 0 saturated heterocycles. The van der Waals surface area contributed by atoms with Crippen LogP contribution in [-0.2, 0) is 25.5 Å². The summed E-state index contributed by atoms with van der Waals surface area (Å²) in [6.45, 7) is 5.67. The number of hydrogen-bond donors (Lipinski definition) is 4. The maximum atomic E-state index is 15.4. The topological polar surface area (TPSA) is 113 Å². The molecule has 180 valence electrons. The summed E-state index contributed by atoms with van der Waals surface area (Å²) in [7, 11) is 0. The Bertz CT molecular complexity index is 934. The number of carbonyl (C=O) groups is 1. The van der Waals surface area contributed by atoms with Gasteiger partial charge in [-0.3, -0.25) is 20.9 Å². The zero-order valence-electron chi connectivity index (χ0n) is 18.8. The largest absolute Gasteiger partial charge is 0.364 e. The molecule has 2 rings (SSSR count). The van der Waals surface area contributed by atoms with Crippen molar-refractivity contribution in [2.75, 3.05) is 19.8 Å². The van der Waals surface area contributed by atoms with E-state index in [0.29, 0.717) is 11.1 Å². The highest BCUT2D eigenvalue weighted by Crippen LogP contribution is 2.31. The summed E-state index contributed by atoms with van der Waals surface area (Å²) in [4.78, 5) is 12.9. The third-order valence-corrected chi connectivity index (χ3v) is 4.70. The van der Waals surface area contributed by atoms with Gasteiger partial charge in [0.05, 0.1) is 5.56 Å². The van der Waals surface area contributed by atoms with Gasteiger partial charge in [0.15, 0.2) is 12.4 Å². The van der Waals surface area contributed by atoms with E-state index in [2.05, 4.69) is 5.32 Å². The van der Waals surface area contributed by atoms with Crippen molar-refractivity contribution in [3.8, 4) is 0 Å². The summed E-state index contributed by atoms with van der Waals surface area (Å²) in [5.41, 5.74) is 2.32. The molecule has 2 aromatic carbocycles. The van der Waals surface area contributed by atoms with E-state index in [0.717, 1.165) is 6.07 Å². The van der Waals surface area contributed by atoms with Crippen LogP contribution in [0.25, 0.3) is 0 Å². The number of rotatable bonds is 12. The van der Waals surface area contributed by atoms with Crippen LogP contribution in [0.4, 0.5) is 8.78 Å². The van der Waals surface area contributed by atoms with Crippen LogP contribution in [0.1, 0.15) is 55.4 Å². The predicted molar refractivity (Wildman–Crippen MR) is 117 cm³/mol. The van der Waals surface area contributed by atoms with Gasteiger partial charge in [-0.2, -0.15) is 0 Å². The standard InChI is InChI=1S/C23H29F2N3O5/c1-4-31-20(22(29)27-13-14-7-9-15(10-8-14)21(26)28-30)18-17(24)12-11-16(19(18)25)23(32-5-2)33-6-3/h7-12,20,23,30H,4-6,13H2,1-3H3,(H2,26,28)(H,27,29)/t20-/m0/s1. The van der Waals surface area contributed by atoms with E-state index >= 15 is 4.39 Å². The average molecular weight is 465 g/mol. The van der Waals surface area contributed by atoms with E-state index in [1.807, 2.05) is 0 Å². The fourth-order valence-corrected chi connectivity index (χ4v) is 3.13. The van der Waals surface area contributed by atoms with Crippen molar-refractivity contribution in [1.82, 2.24) is 10.8 Å². The number of amidine groups is 1. The fourth-order valence-electron chi connectivity index (χ4n) is 3.13. The maximum absolute atomic E-state index is 15.4. The number of hydrogen-bond acceptors (Lipinski definition) is 6. The Morgan fingerprint density at radius 3 is 2.15 bits per heavy atom. The number of hydroxylamine groups is 1. The number of carbonyl (C=O) groups excluding carboxylic acids is 1. The predicted octanol–water partition coefficient (Wildman–Crippen LogP) is 3.73. The van der Waals surface area contributed by atoms with Gasteiger partial charge in [0.25, 0.3) is 5.91 Å². The molecular weight excluding hydrogens is 436 g/mol. The molecule has 0 aliphatic rings. The Hall–Kier alpha value is -2.92. The minimum Gasteiger partial charge on any atom is -0.364 e. The van der Waals surface area contributed by atoms with Crippen molar-refractivity contribution in [2.24, 2.45) is 0 Å². The Kier molecular flexibility index (Phi) is 10.3. The van der Waals surface area contributed by atoms with Gasteiger partial charge >= 0.3 is 0 Å². The van der Waals surface area contributed by atoms with E-state index in [1.54, 1.807) is 50.5 Å². The minimum atomic E-state index is -1.52.